The summed E-state index contributed by atoms with van der Waals surface area (Å²) in [5, 5.41) is 14.2. The highest BCUT2D eigenvalue weighted by molar-refractivity contribution is 5.85. The second kappa shape index (κ2) is 5.27. The number of hydrogen-bond donors (Lipinski definition) is 1. The Morgan fingerprint density at radius 1 is 1.10 bits per heavy atom. The number of aliphatic carboxylic acids is 1. The second-order valence-corrected chi connectivity index (χ2v) is 5.91. The number of hydrogen-bond acceptors (Lipinski definition) is 3. The van der Waals surface area contributed by atoms with Gasteiger partial charge in [-0.3, -0.25) is 4.79 Å². The molecule has 0 spiro atoms. The summed E-state index contributed by atoms with van der Waals surface area (Å²) in [6.07, 6.45) is 2.76. The van der Waals surface area contributed by atoms with Crippen LogP contribution in [0.3, 0.4) is 0 Å². The number of carboxylic acid groups (broad SMARTS) is 1. The number of carboxylic acids is 1. The largest absolute Gasteiger partial charge is 0.550 e. The van der Waals surface area contributed by atoms with E-state index in [9.17, 15) is 14.7 Å². The molecule has 1 amide bonds. The van der Waals surface area contributed by atoms with E-state index in [0.717, 1.165) is 24.8 Å². The van der Waals surface area contributed by atoms with Crippen LogP contribution in [0.4, 0.5) is 0 Å². The van der Waals surface area contributed by atoms with Crippen LogP contribution in [0.2, 0.25) is 0 Å². The number of amides is 1. The molecule has 0 radical (unpaired) electrons. The van der Waals surface area contributed by atoms with Gasteiger partial charge in [0.25, 0.3) is 0 Å². The molecule has 0 unspecified atom stereocenters. The van der Waals surface area contributed by atoms with E-state index in [1.54, 1.807) is 0 Å². The van der Waals surface area contributed by atoms with Crippen molar-refractivity contribution in [3.63, 3.8) is 0 Å². The number of fused-ring (bicyclic) bond motifs is 2. The van der Waals surface area contributed by atoms with Crippen LogP contribution in [0.15, 0.2) is 30.3 Å². The lowest BCUT2D eigenvalue weighted by Crippen LogP contribution is -2.45. The molecule has 3 rings (SSSR count). The third kappa shape index (κ3) is 2.30. The quantitative estimate of drug-likeness (QED) is 0.878. The lowest BCUT2D eigenvalue weighted by molar-refractivity contribution is -0.314. The Morgan fingerprint density at radius 3 is 2.40 bits per heavy atom. The van der Waals surface area contributed by atoms with Gasteiger partial charge in [-0.05, 0) is 36.7 Å². The maximum atomic E-state index is 12.3. The molecule has 1 N–H and O–H groups in total. The van der Waals surface area contributed by atoms with E-state index in [2.05, 4.69) is 5.32 Å². The molecule has 2 bridgehead atoms. The summed E-state index contributed by atoms with van der Waals surface area (Å²) >= 11 is 0. The van der Waals surface area contributed by atoms with Crippen molar-refractivity contribution < 1.29 is 14.7 Å². The van der Waals surface area contributed by atoms with E-state index >= 15 is 0 Å². The fraction of sp³-hybridized carbons (Fsp3) is 0.500. The molecule has 4 heteroatoms. The third-order valence-electron chi connectivity index (χ3n) is 4.80. The van der Waals surface area contributed by atoms with E-state index in [4.69, 9.17) is 0 Å². The molecule has 2 aliphatic carbocycles. The summed E-state index contributed by atoms with van der Waals surface area (Å²) in [5.74, 6) is -1.82. The number of benzene rings is 1. The van der Waals surface area contributed by atoms with Gasteiger partial charge < -0.3 is 15.2 Å². The minimum absolute atomic E-state index is 0.129. The lowest BCUT2D eigenvalue weighted by Gasteiger charge is -2.30. The molecule has 20 heavy (non-hydrogen) atoms. The van der Waals surface area contributed by atoms with E-state index in [-0.39, 0.29) is 17.7 Å². The Morgan fingerprint density at radius 2 is 1.75 bits per heavy atom. The fourth-order valence-corrected chi connectivity index (χ4v) is 3.91. The molecule has 4 nitrogen and oxygen atoms in total. The summed E-state index contributed by atoms with van der Waals surface area (Å²) in [7, 11) is 0. The molecule has 2 aliphatic rings. The molecule has 0 aliphatic heterocycles. The number of carbonyl (C=O) groups excluding carboxylic acids is 2. The van der Waals surface area contributed by atoms with Crippen LogP contribution in [-0.4, -0.2) is 11.9 Å². The van der Waals surface area contributed by atoms with Crippen LogP contribution >= 0.6 is 0 Å². The summed E-state index contributed by atoms with van der Waals surface area (Å²) in [6, 6.07) is 9.65. The first-order valence-electron chi connectivity index (χ1n) is 7.19. The fourth-order valence-electron chi connectivity index (χ4n) is 3.91. The van der Waals surface area contributed by atoms with Gasteiger partial charge in [0.2, 0.25) is 5.91 Å². The number of carbonyl (C=O) groups is 2. The van der Waals surface area contributed by atoms with E-state index in [0.29, 0.717) is 6.54 Å². The van der Waals surface area contributed by atoms with Gasteiger partial charge in [-0.1, -0.05) is 30.3 Å². The zero-order valence-corrected chi connectivity index (χ0v) is 11.2. The highest BCUT2D eigenvalue weighted by atomic mass is 16.4. The summed E-state index contributed by atoms with van der Waals surface area (Å²) in [6.45, 7) is 0.452. The molecule has 1 aromatic carbocycles. The number of rotatable bonds is 4. The smallest absolute Gasteiger partial charge is 0.224 e. The van der Waals surface area contributed by atoms with Gasteiger partial charge in [-0.2, -0.15) is 0 Å². The second-order valence-electron chi connectivity index (χ2n) is 5.91. The van der Waals surface area contributed by atoms with Crippen molar-refractivity contribution in [3.8, 4) is 0 Å². The topological polar surface area (TPSA) is 69.2 Å². The normalized spacial score (nSPS) is 31.2. The van der Waals surface area contributed by atoms with E-state index in [1.165, 1.54) is 0 Å². The van der Waals surface area contributed by atoms with Crippen molar-refractivity contribution in [2.75, 3.05) is 0 Å². The maximum Gasteiger partial charge on any atom is 0.224 e. The minimum Gasteiger partial charge on any atom is -0.550 e. The monoisotopic (exact) mass is 272 g/mol. The van der Waals surface area contributed by atoms with E-state index in [1.807, 2.05) is 30.3 Å². The third-order valence-corrected chi connectivity index (χ3v) is 4.80. The highest BCUT2D eigenvalue weighted by Crippen LogP contribution is 2.52. The predicted octanol–water partition coefficient (Wildman–Crippen LogP) is 0.715. The maximum absolute atomic E-state index is 12.3. The van der Waals surface area contributed by atoms with Crippen molar-refractivity contribution in [3.05, 3.63) is 35.9 Å². The molecule has 2 saturated carbocycles. The zero-order chi connectivity index (χ0) is 14.1. The summed E-state index contributed by atoms with van der Waals surface area (Å²) < 4.78 is 0. The highest BCUT2D eigenvalue weighted by Gasteiger charge is 2.51. The molecule has 0 saturated heterocycles. The van der Waals surface area contributed by atoms with Crippen LogP contribution in [0, 0.1) is 23.7 Å². The summed E-state index contributed by atoms with van der Waals surface area (Å²) in [4.78, 5) is 23.6. The Bertz CT molecular complexity index is 514. The molecule has 0 heterocycles. The van der Waals surface area contributed by atoms with E-state index < -0.39 is 17.8 Å². The Hall–Kier alpha value is -1.84. The SMILES string of the molecule is O=C([O-])[C@@H]1[C@@H]2CC[C@@H](C2)[C@@H]1C(=O)NCc1ccccc1. The van der Waals surface area contributed by atoms with Gasteiger partial charge in [-0.25, -0.2) is 0 Å². The average Bonchev–Trinajstić information content (AvgIpc) is 3.06. The van der Waals surface area contributed by atoms with Gasteiger partial charge in [0.15, 0.2) is 0 Å². The van der Waals surface area contributed by atoms with Crippen molar-refractivity contribution in [1.29, 1.82) is 0 Å². The summed E-state index contributed by atoms with van der Waals surface area (Å²) in [5.41, 5.74) is 1.02. The Balaban J connectivity index is 1.66. The van der Waals surface area contributed by atoms with Gasteiger partial charge in [0.05, 0.1) is 0 Å². The first-order chi connectivity index (χ1) is 9.66. The minimum atomic E-state index is -1.06. The standard InChI is InChI=1S/C16H19NO3/c18-15(17-9-10-4-2-1-3-5-10)13-11-6-7-12(8-11)14(13)16(19)20/h1-5,11-14H,6-9H2,(H,17,18)(H,19,20)/p-1/t11-,12+,13-,14+/m0/s1. The first-order valence-corrected chi connectivity index (χ1v) is 7.19. The van der Waals surface area contributed by atoms with Crippen molar-refractivity contribution in [1.82, 2.24) is 5.32 Å². The Labute approximate surface area is 118 Å². The predicted molar refractivity (Wildman–Crippen MR) is 71.1 cm³/mol. The average molecular weight is 272 g/mol. The van der Waals surface area contributed by atoms with Gasteiger partial charge in [-0.15, -0.1) is 0 Å². The van der Waals surface area contributed by atoms with Crippen molar-refractivity contribution >= 4 is 11.9 Å². The molecule has 2 fully saturated rings. The molecule has 4 atom stereocenters. The lowest BCUT2D eigenvalue weighted by atomic mass is 9.78. The van der Waals surface area contributed by atoms with Crippen LogP contribution in [-0.2, 0) is 16.1 Å². The molecular weight excluding hydrogens is 254 g/mol. The van der Waals surface area contributed by atoms with Crippen LogP contribution in [0.5, 0.6) is 0 Å². The van der Waals surface area contributed by atoms with Gasteiger partial charge >= 0.3 is 0 Å². The Kier molecular flexibility index (Phi) is 3.47. The van der Waals surface area contributed by atoms with Crippen LogP contribution < -0.4 is 10.4 Å². The van der Waals surface area contributed by atoms with Gasteiger partial charge in [0.1, 0.15) is 0 Å². The van der Waals surface area contributed by atoms with Crippen molar-refractivity contribution in [2.24, 2.45) is 23.7 Å². The molecular formula is C16H18NO3-. The molecule has 1 aromatic rings. The van der Waals surface area contributed by atoms with Gasteiger partial charge in [0, 0.05) is 24.3 Å². The zero-order valence-electron chi connectivity index (χ0n) is 11.2. The van der Waals surface area contributed by atoms with Crippen LogP contribution in [0.1, 0.15) is 24.8 Å². The van der Waals surface area contributed by atoms with Crippen LogP contribution in [0.25, 0.3) is 0 Å². The molecule has 0 aromatic heterocycles. The van der Waals surface area contributed by atoms with Crippen molar-refractivity contribution in [2.45, 2.75) is 25.8 Å². The number of nitrogens with one attached hydrogen (secondary N) is 1. The first kappa shape index (κ1) is 13.2. The molecule has 106 valence electrons.